The summed E-state index contributed by atoms with van der Waals surface area (Å²) in [5.41, 5.74) is 12.4. The van der Waals surface area contributed by atoms with Crippen LogP contribution in [0, 0.1) is 28.6 Å². The predicted molar refractivity (Wildman–Crippen MR) is 263 cm³/mol. The van der Waals surface area contributed by atoms with E-state index in [9.17, 15) is 19.8 Å². The molecule has 0 saturated heterocycles. The summed E-state index contributed by atoms with van der Waals surface area (Å²) in [6.45, 7) is 3.74. The van der Waals surface area contributed by atoms with Crippen molar-refractivity contribution in [1.82, 2.24) is 0 Å². The number of carbonyl (C=O) groups excluding carboxylic acids is 1. The summed E-state index contributed by atoms with van der Waals surface area (Å²) in [5.74, 6) is 1.77. The summed E-state index contributed by atoms with van der Waals surface area (Å²) in [6.07, 6.45) is 0.629. The van der Waals surface area contributed by atoms with Crippen LogP contribution in [0.1, 0.15) is 25.0 Å². The third-order valence-corrected chi connectivity index (χ3v) is 13.1. The first-order valence-electron chi connectivity index (χ1n) is 14.4. The fraction of sp³-hybridized carbons (Fsp3) is 0.212. The van der Waals surface area contributed by atoms with Gasteiger partial charge in [0.1, 0.15) is 34.6 Å². The Kier molecular flexibility index (Phi) is 18.8. The molecule has 2 atom stereocenters. The van der Waals surface area contributed by atoms with E-state index in [1.807, 2.05) is 24.3 Å². The Balaban J connectivity index is 0.000000277. The average Bonchev–Trinajstić information content (AvgIpc) is 3.02. The lowest BCUT2D eigenvalue weighted by Crippen LogP contribution is -2.48. The summed E-state index contributed by atoms with van der Waals surface area (Å²) >= 11 is 17.0. The van der Waals surface area contributed by atoms with Crippen LogP contribution in [-0.2, 0) is 27.2 Å². The van der Waals surface area contributed by atoms with Gasteiger partial charge in [-0.25, -0.2) is 0 Å². The third-order valence-electron chi connectivity index (χ3n) is 6.62. The van der Waals surface area contributed by atoms with Crippen LogP contribution in [0.15, 0.2) is 48.5 Å². The number of aliphatic carboxylic acids is 1. The largest absolute Gasteiger partial charge is 0.506 e. The Hall–Kier alpha value is 0.780. The van der Waals surface area contributed by atoms with Gasteiger partial charge in [0.25, 0.3) is 0 Å². The number of aromatic hydroxyl groups is 2. The molecule has 0 bridgehead atoms. The lowest BCUT2D eigenvalue weighted by atomic mass is 9.94. The second-order valence-corrected chi connectivity index (χ2v) is 20.2. The topological polar surface area (TPSA) is 175 Å². The maximum absolute atomic E-state index is 12.0. The van der Waals surface area contributed by atoms with Crippen molar-refractivity contribution in [2.75, 3.05) is 6.61 Å². The fourth-order valence-corrected chi connectivity index (χ4v) is 11.9. The van der Waals surface area contributed by atoms with Gasteiger partial charge in [-0.1, -0.05) is 0 Å². The zero-order chi connectivity index (χ0) is 38.4. The molecule has 274 valence electrons. The highest BCUT2D eigenvalue weighted by Gasteiger charge is 2.31. The molecule has 51 heavy (non-hydrogen) atoms. The van der Waals surface area contributed by atoms with Crippen molar-refractivity contribution in [2.24, 2.45) is 11.5 Å². The lowest BCUT2D eigenvalue weighted by Gasteiger charge is -2.23. The minimum atomic E-state index is -1.09. The number of rotatable bonds is 11. The number of halogens is 8. The van der Waals surface area contributed by atoms with Crippen LogP contribution in [0.2, 0.25) is 0 Å². The Labute approximate surface area is 404 Å². The Morgan fingerprint density at radius 2 is 1.04 bits per heavy atom. The van der Waals surface area contributed by atoms with Crippen molar-refractivity contribution >= 4 is 193 Å². The molecule has 0 aliphatic carbocycles. The summed E-state index contributed by atoms with van der Waals surface area (Å²) in [6, 6.07) is 13.8. The number of phenolic OH excluding ortho intramolecular Hbond substituents is 2. The number of phenols is 2. The maximum atomic E-state index is 12.0. The molecule has 0 amide bonds. The Morgan fingerprint density at radius 3 is 1.37 bits per heavy atom. The molecule has 0 aromatic heterocycles. The molecule has 0 fully saturated rings. The van der Waals surface area contributed by atoms with E-state index in [2.05, 4.69) is 181 Å². The number of carboxylic acids is 1. The van der Waals surface area contributed by atoms with Crippen molar-refractivity contribution in [3.05, 3.63) is 88.2 Å². The summed E-state index contributed by atoms with van der Waals surface area (Å²) < 4.78 is 23.5. The van der Waals surface area contributed by atoms with Gasteiger partial charge in [-0.3, -0.25) is 9.59 Å². The molecule has 0 saturated carbocycles. The highest BCUT2D eigenvalue weighted by Crippen LogP contribution is 2.38. The number of hydrogen-bond donors (Lipinski definition) is 5. The molecule has 4 aromatic carbocycles. The zero-order valence-electron chi connectivity index (χ0n) is 26.4. The van der Waals surface area contributed by atoms with E-state index in [0.29, 0.717) is 37.4 Å². The lowest BCUT2D eigenvalue weighted by molar-refractivity contribution is -0.149. The van der Waals surface area contributed by atoms with Gasteiger partial charge in [-0.2, -0.15) is 0 Å². The average molecular weight is 1600 g/mol. The van der Waals surface area contributed by atoms with Gasteiger partial charge >= 0.3 is 11.9 Å². The van der Waals surface area contributed by atoms with Gasteiger partial charge in [-0.05, 0) is 261 Å². The van der Waals surface area contributed by atoms with E-state index in [1.165, 1.54) is 0 Å². The number of esters is 1. The number of nitrogens with two attached hydrogens (primary N) is 2. The maximum Gasteiger partial charge on any atom is 0.326 e. The molecule has 10 nitrogen and oxygen atoms in total. The predicted octanol–water partition coefficient (Wildman–Crippen LogP) is 9.98. The van der Waals surface area contributed by atoms with E-state index in [0.717, 1.165) is 38.3 Å². The van der Waals surface area contributed by atoms with Gasteiger partial charge in [0.15, 0.2) is 11.5 Å². The first kappa shape index (κ1) is 46.2. The number of ether oxygens (including phenoxy) is 3. The first-order chi connectivity index (χ1) is 23.7. The molecular formula is C33H28I8N2O8. The molecule has 0 radical (unpaired) electrons. The summed E-state index contributed by atoms with van der Waals surface area (Å²) in [5, 5.41) is 28.7. The van der Waals surface area contributed by atoms with Crippen molar-refractivity contribution < 1.29 is 39.1 Å². The fourth-order valence-electron chi connectivity index (χ4n) is 4.21. The van der Waals surface area contributed by atoms with Crippen LogP contribution in [0.4, 0.5) is 0 Å². The molecule has 4 aromatic rings. The molecule has 7 N–H and O–H groups in total. The van der Waals surface area contributed by atoms with Gasteiger partial charge in [-0.15, -0.1) is 0 Å². The second-order valence-electron chi connectivity index (χ2n) is 10.9. The number of benzene rings is 4. The quantitative estimate of drug-likeness (QED) is 0.0719. The van der Waals surface area contributed by atoms with Crippen LogP contribution < -0.4 is 20.9 Å². The highest BCUT2D eigenvalue weighted by atomic mass is 127. The van der Waals surface area contributed by atoms with Crippen LogP contribution in [0.5, 0.6) is 34.5 Å². The van der Waals surface area contributed by atoms with Crippen LogP contribution in [0.3, 0.4) is 0 Å². The van der Waals surface area contributed by atoms with Crippen LogP contribution >= 0.6 is 181 Å². The molecular weight excluding hydrogens is 1570 g/mol. The molecule has 18 heteroatoms. The minimum Gasteiger partial charge on any atom is -0.506 e. The molecule has 0 heterocycles. The highest BCUT2D eigenvalue weighted by molar-refractivity contribution is 14.1. The minimum absolute atomic E-state index is 0.242. The number of hydrogen-bond acceptors (Lipinski definition) is 9. The molecule has 0 spiro atoms. The first-order valence-corrected chi connectivity index (χ1v) is 23.0. The van der Waals surface area contributed by atoms with Gasteiger partial charge in [0, 0.05) is 6.42 Å². The number of carboxylic acid groups (broad SMARTS) is 1. The third kappa shape index (κ3) is 13.5. The van der Waals surface area contributed by atoms with E-state index < -0.39 is 23.5 Å². The normalized spacial score (nSPS) is 12.6. The van der Waals surface area contributed by atoms with Crippen LogP contribution in [-0.4, -0.2) is 45.4 Å². The SMILES string of the molecule is CCOC(=O)C(C)(N)Cc1cc(I)c(Oc2cc(I)c(O)c(I)c2)c(I)c1.N[C@H](Cc1cc(I)c(Oc2cc(I)c(O)c(I)c2)c(I)c1)C(=O)O. The van der Waals surface area contributed by atoms with Crippen molar-refractivity contribution in [3.63, 3.8) is 0 Å². The van der Waals surface area contributed by atoms with Gasteiger partial charge in [0.05, 0.1) is 35.2 Å². The zero-order valence-corrected chi connectivity index (χ0v) is 43.6. The Bertz CT molecular complexity index is 1850. The Morgan fingerprint density at radius 1 is 0.686 bits per heavy atom. The van der Waals surface area contributed by atoms with Crippen molar-refractivity contribution in [3.8, 4) is 34.5 Å². The molecule has 0 aliphatic rings. The number of carbonyl (C=O) groups is 2. The summed E-state index contributed by atoms with van der Waals surface area (Å²) in [4.78, 5) is 22.9. The van der Waals surface area contributed by atoms with Crippen LogP contribution in [0.25, 0.3) is 0 Å². The van der Waals surface area contributed by atoms with E-state index >= 15 is 0 Å². The van der Waals surface area contributed by atoms with Gasteiger partial charge < -0.3 is 41.0 Å². The van der Waals surface area contributed by atoms with E-state index in [4.69, 9.17) is 30.8 Å². The smallest absolute Gasteiger partial charge is 0.326 e. The standard InChI is InChI=1S/C18H17I4NO4.C15H11I4NO4/c1-3-26-17(25)18(2,23)8-9-4-13(21)16(14(22)5-9)27-10-6-11(19)15(24)12(20)7-10;16-8-4-7(5-9(17)13(8)21)24-14-10(18)1-6(2-11(14)19)3-12(20)15(22)23/h4-7,24H,3,8,23H2,1-2H3;1-2,4-5,12,21H,3,20H2,(H,22,23)/t;12-/m.1/s1. The molecule has 4 rings (SSSR count). The van der Waals surface area contributed by atoms with Crippen molar-refractivity contribution in [2.45, 2.75) is 38.3 Å². The molecule has 0 aliphatic heterocycles. The monoisotopic (exact) mass is 1600 g/mol. The van der Waals surface area contributed by atoms with Gasteiger partial charge in [0.2, 0.25) is 0 Å². The molecule has 1 unspecified atom stereocenters. The second kappa shape index (κ2) is 20.8. The van der Waals surface area contributed by atoms with E-state index in [-0.39, 0.29) is 17.9 Å². The van der Waals surface area contributed by atoms with E-state index in [1.54, 1.807) is 38.1 Å². The summed E-state index contributed by atoms with van der Waals surface area (Å²) in [7, 11) is 0. The van der Waals surface area contributed by atoms with Crippen molar-refractivity contribution in [1.29, 1.82) is 0 Å².